The fourth-order valence-electron chi connectivity index (χ4n) is 1.69. The average Bonchev–Trinajstić information content (AvgIpc) is 2.92. The van der Waals surface area contributed by atoms with Gasteiger partial charge in [0.25, 0.3) is 0 Å². The Morgan fingerprint density at radius 2 is 1.95 bits per heavy atom. The molecule has 0 aliphatic heterocycles. The van der Waals surface area contributed by atoms with Gasteiger partial charge in [0.05, 0.1) is 19.4 Å². The molecule has 0 unspecified atom stereocenters. The normalized spacial score (nSPS) is 10.4. The van der Waals surface area contributed by atoms with Gasteiger partial charge in [-0.05, 0) is 31.2 Å². The minimum atomic E-state index is 0.607. The zero-order valence-electron chi connectivity index (χ0n) is 11.1. The summed E-state index contributed by atoms with van der Waals surface area (Å²) in [5.74, 6) is 2.59. The maximum Gasteiger partial charge on any atom is 0.123 e. The molecular weight excluding hydrogens is 242 g/mol. The van der Waals surface area contributed by atoms with Gasteiger partial charge in [0.2, 0.25) is 0 Å². The summed E-state index contributed by atoms with van der Waals surface area (Å²) in [6, 6.07) is 11.5. The molecule has 2 rings (SSSR count). The smallest absolute Gasteiger partial charge is 0.123 e. The van der Waals surface area contributed by atoms with E-state index in [-0.39, 0.29) is 0 Å². The van der Waals surface area contributed by atoms with Crippen LogP contribution in [-0.4, -0.2) is 19.8 Å². The molecule has 1 heterocycles. The molecule has 0 saturated heterocycles. The molecule has 1 aromatic heterocycles. The SMILES string of the molecule is CCOc1cccc(OCCNCc2ccco2)c1. The Kier molecular flexibility index (Phi) is 5.31. The van der Waals surface area contributed by atoms with E-state index in [2.05, 4.69) is 5.32 Å². The molecule has 0 aliphatic rings. The van der Waals surface area contributed by atoms with E-state index in [1.54, 1.807) is 6.26 Å². The van der Waals surface area contributed by atoms with Crippen molar-refractivity contribution in [3.63, 3.8) is 0 Å². The van der Waals surface area contributed by atoms with Crippen molar-refractivity contribution in [1.29, 1.82) is 0 Å². The van der Waals surface area contributed by atoms with Crippen LogP contribution in [-0.2, 0) is 6.54 Å². The predicted molar refractivity (Wildman–Crippen MR) is 73.5 cm³/mol. The van der Waals surface area contributed by atoms with Crippen molar-refractivity contribution in [2.24, 2.45) is 0 Å². The summed E-state index contributed by atoms with van der Waals surface area (Å²) in [4.78, 5) is 0. The Bertz CT molecular complexity index is 468. The van der Waals surface area contributed by atoms with Crippen LogP contribution in [0.2, 0.25) is 0 Å². The van der Waals surface area contributed by atoms with Crippen molar-refractivity contribution in [3.8, 4) is 11.5 Å². The molecule has 0 fully saturated rings. The average molecular weight is 261 g/mol. The molecule has 1 N–H and O–H groups in total. The molecule has 0 aliphatic carbocycles. The molecule has 102 valence electrons. The van der Waals surface area contributed by atoms with E-state index < -0.39 is 0 Å². The van der Waals surface area contributed by atoms with Gasteiger partial charge in [-0.1, -0.05) is 6.07 Å². The van der Waals surface area contributed by atoms with E-state index in [1.807, 2.05) is 43.3 Å². The van der Waals surface area contributed by atoms with Crippen LogP contribution in [0.1, 0.15) is 12.7 Å². The fraction of sp³-hybridized carbons (Fsp3) is 0.333. The molecule has 0 atom stereocenters. The summed E-state index contributed by atoms with van der Waals surface area (Å²) in [7, 11) is 0. The van der Waals surface area contributed by atoms with Gasteiger partial charge in [-0.15, -0.1) is 0 Å². The van der Waals surface area contributed by atoms with Crippen molar-refractivity contribution in [3.05, 3.63) is 48.4 Å². The molecule has 19 heavy (non-hydrogen) atoms. The molecule has 0 amide bonds. The highest BCUT2D eigenvalue weighted by Gasteiger charge is 1.98. The van der Waals surface area contributed by atoms with Crippen molar-refractivity contribution < 1.29 is 13.9 Å². The fourth-order valence-corrected chi connectivity index (χ4v) is 1.69. The van der Waals surface area contributed by atoms with E-state index >= 15 is 0 Å². The Morgan fingerprint density at radius 3 is 2.68 bits per heavy atom. The van der Waals surface area contributed by atoms with Gasteiger partial charge in [-0.3, -0.25) is 0 Å². The third-order valence-corrected chi connectivity index (χ3v) is 2.54. The van der Waals surface area contributed by atoms with Gasteiger partial charge in [0.1, 0.15) is 23.9 Å². The number of furan rings is 1. The lowest BCUT2D eigenvalue weighted by molar-refractivity contribution is 0.304. The third-order valence-electron chi connectivity index (χ3n) is 2.54. The number of hydrogen-bond acceptors (Lipinski definition) is 4. The van der Waals surface area contributed by atoms with Crippen LogP contribution in [0.5, 0.6) is 11.5 Å². The number of benzene rings is 1. The molecule has 0 saturated carbocycles. The number of rotatable bonds is 8. The van der Waals surface area contributed by atoms with Crippen LogP contribution >= 0.6 is 0 Å². The molecule has 0 spiro atoms. The molecule has 0 bridgehead atoms. The summed E-state index contributed by atoms with van der Waals surface area (Å²) >= 11 is 0. The highest BCUT2D eigenvalue weighted by molar-refractivity contribution is 5.32. The lowest BCUT2D eigenvalue weighted by Gasteiger charge is -2.08. The quantitative estimate of drug-likeness (QED) is 0.742. The molecule has 4 nitrogen and oxygen atoms in total. The Morgan fingerprint density at radius 1 is 1.11 bits per heavy atom. The first-order valence-electron chi connectivity index (χ1n) is 6.47. The van der Waals surface area contributed by atoms with Crippen LogP contribution in [0.3, 0.4) is 0 Å². The van der Waals surface area contributed by atoms with Crippen molar-refractivity contribution in [1.82, 2.24) is 5.32 Å². The number of nitrogens with one attached hydrogen (secondary N) is 1. The second-order valence-electron chi connectivity index (χ2n) is 4.01. The van der Waals surface area contributed by atoms with E-state index in [0.29, 0.717) is 13.2 Å². The maximum atomic E-state index is 5.64. The second-order valence-corrected chi connectivity index (χ2v) is 4.01. The molecule has 1 aromatic carbocycles. The first-order valence-corrected chi connectivity index (χ1v) is 6.47. The van der Waals surface area contributed by atoms with E-state index in [9.17, 15) is 0 Å². The van der Waals surface area contributed by atoms with Gasteiger partial charge >= 0.3 is 0 Å². The Labute approximate surface area is 113 Å². The van der Waals surface area contributed by atoms with Crippen LogP contribution in [0.15, 0.2) is 47.1 Å². The molecule has 2 aromatic rings. The topological polar surface area (TPSA) is 43.6 Å². The maximum absolute atomic E-state index is 5.64. The Balaban J connectivity index is 1.66. The van der Waals surface area contributed by atoms with Gasteiger partial charge in [0, 0.05) is 12.6 Å². The van der Waals surface area contributed by atoms with Gasteiger partial charge in [-0.25, -0.2) is 0 Å². The Hall–Kier alpha value is -1.94. The second kappa shape index (κ2) is 7.48. The van der Waals surface area contributed by atoms with Crippen molar-refractivity contribution in [2.75, 3.05) is 19.8 Å². The first kappa shape index (κ1) is 13.5. The summed E-state index contributed by atoms with van der Waals surface area (Å²) in [5, 5.41) is 3.25. The highest BCUT2D eigenvalue weighted by Crippen LogP contribution is 2.19. The highest BCUT2D eigenvalue weighted by atomic mass is 16.5. The summed E-state index contributed by atoms with van der Waals surface area (Å²) in [6.07, 6.45) is 1.67. The summed E-state index contributed by atoms with van der Waals surface area (Å²) < 4.78 is 16.3. The third kappa shape index (κ3) is 4.67. The monoisotopic (exact) mass is 261 g/mol. The number of ether oxygens (including phenoxy) is 2. The van der Waals surface area contributed by atoms with Crippen LogP contribution in [0, 0.1) is 0 Å². The van der Waals surface area contributed by atoms with Crippen molar-refractivity contribution in [2.45, 2.75) is 13.5 Å². The molecule has 0 radical (unpaired) electrons. The van der Waals surface area contributed by atoms with Gasteiger partial charge < -0.3 is 19.2 Å². The van der Waals surface area contributed by atoms with E-state index in [0.717, 1.165) is 30.3 Å². The zero-order chi connectivity index (χ0) is 13.3. The minimum Gasteiger partial charge on any atom is -0.494 e. The summed E-state index contributed by atoms with van der Waals surface area (Å²) in [5.41, 5.74) is 0. The van der Waals surface area contributed by atoms with Crippen LogP contribution in [0.25, 0.3) is 0 Å². The van der Waals surface area contributed by atoms with Gasteiger partial charge in [-0.2, -0.15) is 0 Å². The molecule has 4 heteroatoms. The zero-order valence-corrected chi connectivity index (χ0v) is 11.1. The van der Waals surface area contributed by atoms with Crippen molar-refractivity contribution >= 4 is 0 Å². The largest absolute Gasteiger partial charge is 0.494 e. The molecular formula is C15H19NO3. The number of hydrogen-bond donors (Lipinski definition) is 1. The van der Waals surface area contributed by atoms with Crippen LogP contribution in [0.4, 0.5) is 0 Å². The standard InChI is InChI=1S/C15H19NO3/c1-2-17-13-5-3-6-14(11-13)19-10-8-16-12-15-7-4-9-18-15/h3-7,9,11,16H,2,8,10,12H2,1H3. The lowest BCUT2D eigenvalue weighted by atomic mass is 10.3. The predicted octanol–water partition coefficient (Wildman–Crippen LogP) is 2.85. The van der Waals surface area contributed by atoms with Gasteiger partial charge in [0.15, 0.2) is 0 Å². The lowest BCUT2D eigenvalue weighted by Crippen LogP contribution is -2.20. The van der Waals surface area contributed by atoms with E-state index in [4.69, 9.17) is 13.9 Å². The minimum absolute atomic E-state index is 0.607. The van der Waals surface area contributed by atoms with E-state index in [1.165, 1.54) is 0 Å². The van der Waals surface area contributed by atoms with Crippen LogP contribution < -0.4 is 14.8 Å². The first-order chi connectivity index (χ1) is 9.38. The summed E-state index contributed by atoms with van der Waals surface area (Å²) in [6.45, 7) is 4.71.